The van der Waals surface area contributed by atoms with E-state index in [0.29, 0.717) is 35.2 Å². The van der Waals surface area contributed by atoms with Gasteiger partial charge in [0.1, 0.15) is 0 Å². The number of amides is 2. The fourth-order valence-corrected chi connectivity index (χ4v) is 2.23. The van der Waals surface area contributed by atoms with Gasteiger partial charge in [0.15, 0.2) is 0 Å². The molecule has 2 N–H and O–H groups in total. The molecule has 5 nitrogen and oxygen atoms in total. The fraction of sp³-hybridized carbons (Fsp3) is 0.429. The Morgan fingerprint density at radius 2 is 1.86 bits per heavy atom. The quantitative estimate of drug-likeness (QED) is 0.806. The second-order valence-corrected chi connectivity index (χ2v) is 5.22. The van der Waals surface area contributed by atoms with Gasteiger partial charge in [-0.25, -0.2) is 0 Å². The normalized spacial score (nSPS) is 10.3. The van der Waals surface area contributed by atoms with Crippen molar-refractivity contribution in [1.82, 2.24) is 10.2 Å². The van der Waals surface area contributed by atoms with E-state index in [1.54, 1.807) is 25.2 Å². The molecule has 0 aliphatic heterocycles. The molecule has 0 radical (unpaired) electrons. The molecule has 0 bridgehead atoms. The van der Waals surface area contributed by atoms with Gasteiger partial charge in [0.2, 0.25) is 11.8 Å². The van der Waals surface area contributed by atoms with Gasteiger partial charge < -0.3 is 15.5 Å². The minimum Gasteiger partial charge on any atom is -0.334 e. The lowest BCUT2D eigenvalue weighted by molar-refractivity contribution is -0.134. The van der Waals surface area contributed by atoms with Crippen LogP contribution in [-0.2, 0) is 9.59 Å². The molecular formula is C14H19Cl2N3O2. The van der Waals surface area contributed by atoms with Crippen molar-refractivity contribution in [1.29, 1.82) is 0 Å². The Balaban J connectivity index is 2.65. The van der Waals surface area contributed by atoms with E-state index >= 15 is 0 Å². The number of likely N-dealkylation sites (N-methyl/N-ethyl adjacent to an activating group) is 1. The van der Waals surface area contributed by atoms with Gasteiger partial charge in [0, 0.05) is 19.5 Å². The molecule has 0 heterocycles. The summed E-state index contributed by atoms with van der Waals surface area (Å²) in [7, 11) is 1.77. The Morgan fingerprint density at radius 1 is 1.24 bits per heavy atom. The number of carbonyl (C=O) groups excluding carboxylic acids is 2. The van der Waals surface area contributed by atoms with Crippen molar-refractivity contribution >= 4 is 40.7 Å². The van der Waals surface area contributed by atoms with E-state index in [1.165, 1.54) is 4.90 Å². The summed E-state index contributed by atoms with van der Waals surface area (Å²) in [6, 6.07) is 4.97. The third kappa shape index (κ3) is 5.53. The Hall–Kier alpha value is -1.30. The Morgan fingerprint density at radius 3 is 2.38 bits per heavy atom. The number of benzene rings is 1. The van der Waals surface area contributed by atoms with Gasteiger partial charge in [-0.3, -0.25) is 9.59 Å². The smallest absolute Gasteiger partial charge is 0.244 e. The third-order valence-corrected chi connectivity index (χ3v) is 3.51. The molecule has 1 aromatic carbocycles. The van der Waals surface area contributed by atoms with E-state index in [4.69, 9.17) is 23.2 Å². The van der Waals surface area contributed by atoms with E-state index < -0.39 is 0 Å². The lowest BCUT2D eigenvalue weighted by atomic mass is 10.3. The molecule has 0 unspecified atom stereocenters. The largest absolute Gasteiger partial charge is 0.334 e. The first-order chi connectivity index (χ1) is 9.99. The number of halogens is 2. The number of hydrogen-bond acceptors (Lipinski definition) is 3. The van der Waals surface area contributed by atoms with Gasteiger partial charge in [-0.05, 0) is 26.1 Å². The Bertz CT molecular complexity index is 489. The topological polar surface area (TPSA) is 61.4 Å². The fourth-order valence-electron chi connectivity index (χ4n) is 1.74. The van der Waals surface area contributed by atoms with Crippen LogP contribution in [0, 0.1) is 0 Å². The summed E-state index contributed by atoms with van der Waals surface area (Å²) in [5.41, 5.74) is 0.365. The highest BCUT2D eigenvalue weighted by atomic mass is 35.5. The summed E-state index contributed by atoms with van der Waals surface area (Å²) < 4.78 is 0. The molecule has 0 fully saturated rings. The molecule has 1 aromatic rings. The van der Waals surface area contributed by atoms with E-state index in [1.807, 2.05) is 6.92 Å². The Kier molecular flexibility index (Phi) is 7.50. The van der Waals surface area contributed by atoms with Crippen LogP contribution in [-0.4, -0.2) is 43.4 Å². The molecule has 21 heavy (non-hydrogen) atoms. The maximum absolute atomic E-state index is 12.0. The van der Waals surface area contributed by atoms with Gasteiger partial charge >= 0.3 is 0 Å². The molecule has 116 valence electrons. The second kappa shape index (κ2) is 8.87. The molecule has 1 rings (SSSR count). The van der Waals surface area contributed by atoms with Crippen LogP contribution >= 0.6 is 23.2 Å². The number of hydrogen-bond donors (Lipinski definition) is 2. The zero-order valence-electron chi connectivity index (χ0n) is 12.1. The summed E-state index contributed by atoms with van der Waals surface area (Å²) in [5.74, 6) is -0.406. The molecule has 2 amide bonds. The number of para-hydroxylation sites is 1. The molecule has 0 saturated heterocycles. The minimum atomic E-state index is -0.329. The SMILES string of the molecule is CCN(CC(=O)Nc1c(Cl)cccc1Cl)C(=O)CCNC. The third-order valence-electron chi connectivity index (χ3n) is 2.88. The van der Waals surface area contributed by atoms with Crippen molar-refractivity contribution in [3.63, 3.8) is 0 Å². The number of nitrogens with one attached hydrogen (secondary N) is 2. The maximum atomic E-state index is 12.0. The van der Waals surface area contributed by atoms with Crippen molar-refractivity contribution in [2.75, 3.05) is 32.0 Å². The first kappa shape index (κ1) is 17.8. The number of rotatable bonds is 7. The molecule has 7 heteroatoms. The van der Waals surface area contributed by atoms with Gasteiger partial charge in [0.25, 0.3) is 0 Å². The standard InChI is InChI=1S/C14H19Cl2N3O2/c1-3-19(13(21)7-8-17-2)9-12(20)18-14-10(15)5-4-6-11(14)16/h4-6,17H,3,7-9H2,1-2H3,(H,18,20). The molecule has 0 atom stereocenters. The van der Waals surface area contributed by atoms with Gasteiger partial charge in [0.05, 0.1) is 22.3 Å². The lowest BCUT2D eigenvalue weighted by Crippen LogP contribution is -2.38. The van der Waals surface area contributed by atoms with Crippen LogP contribution in [0.3, 0.4) is 0 Å². The van der Waals surface area contributed by atoms with Crippen LogP contribution in [0.25, 0.3) is 0 Å². The predicted octanol–water partition coefficient (Wildman–Crippen LogP) is 2.39. The zero-order valence-corrected chi connectivity index (χ0v) is 13.6. The summed E-state index contributed by atoms with van der Waals surface area (Å²) >= 11 is 12.0. The highest BCUT2D eigenvalue weighted by molar-refractivity contribution is 6.39. The van der Waals surface area contributed by atoms with E-state index in [-0.39, 0.29) is 18.4 Å². The summed E-state index contributed by atoms with van der Waals surface area (Å²) in [6.07, 6.45) is 0.352. The van der Waals surface area contributed by atoms with Crippen LogP contribution in [0.15, 0.2) is 18.2 Å². The van der Waals surface area contributed by atoms with Crippen molar-refractivity contribution in [2.45, 2.75) is 13.3 Å². The first-order valence-electron chi connectivity index (χ1n) is 6.65. The predicted molar refractivity (Wildman–Crippen MR) is 85.9 cm³/mol. The minimum absolute atomic E-state index is 0.0272. The zero-order chi connectivity index (χ0) is 15.8. The molecule has 0 aliphatic rings. The van der Waals surface area contributed by atoms with Crippen LogP contribution in [0.2, 0.25) is 10.0 Å². The monoisotopic (exact) mass is 331 g/mol. The molecule has 0 saturated carbocycles. The van der Waals surface area contributed by atoms with Crippen LogP contribution in [0.1, 0.15) is 13.3 Å². The Labute approximate surface area is 134 Å². The summed E-state index contributed by atoms with van der Waals surface area (Å²) in [5, 5.41) is 6.27. The summed E-state index contributed by atoms with van der Waals surface area (Å²) in [6.45, 7) is 2.84. The molecular weight excluding hydrogens is 313 g/mol. The highest BCUT2D eigenvalue weighted by Gasteiger charge is 2.16. The molecule has 0 aromatic heterocycles. The average Bonchev–Trinajstić information content (AvgIpc) is 2.46. The molecule has 0 aliphatic carbocycles. The van der Waals surface area contributed by atoms with E-state index in [9.17, 15) is 9.59 Å². The average molecular weight is 332 g/mol. The first-order valence-corrected chi connectivity index (χ1v) is 7.41. The van der Waals surface area contributed by atoms with Gasteiger partial charge in [-0.2, -0.15) is 0 Å². The van der Waals surface area contributed by atoms with Gasteiger partial charge in [-0.15, -0.1) is 0 Å². The van der Waals surface area contributed by atoms with Crippen LogP contribution in [0.4, 0.5) is 5.69 Å². The van der Waals surface area contributed by atoms with Crippen molar-refractivity contribution in [3.8, 4) is 0 Å². The lowest BCUT2D eigenvalue weighted by Gasteiger charge is -2.20. The summed E-state index contributed by atoms with van der Waals surface area (Å²) in [4.78, 5) is 25.4. The van der Waals surface area contributed by atoms with Crippen molar-refractivity contribution in [2.24, 2.45) is 0 Å². The van der Waals surface area contributed by atoms with Crippen LogP contribution < -0.4 is 10.6 Å². The van der Waals surface area contributed by atoms with Crippen molar-refractivity contribution in [3.05, 3.63) is 28.2 Å². The number of carbonyl (C=O) groups is 2. The van der Waals surface area contributed by atoms with E-state index in [2.05, 4.69) is 10.6 Å². The maximum Gasteiger partial charge on any atom is 0.244 e. The van der Waals surface area contributed by atoms with Crippen molar-refractivity contribution < 1.29 is 9.59 Å². The van der Waals surface area contributed by atoms with Gasteiger partial charge in [-0.1, -0.05) is 29.3 Å². The van der Waals surface area contributed by atoms with E-state index in [0.717, 1.165) is 0 Å². The van der Waals surface area contributed by atoms with Crippen LogP contribution in [0.5, 0.6) is 0 Å². The highest BCUT2D eigenvalue weighted by Crippen LogP contribution is 2.29. The second-order valence-electron chi connectivity index (χ2n) is 4.41. The molecule has 0 spiro atoms. The number of nitrogens with zero attached hydrogens (tertiary/aromatic N) is 1. The number of anilines is 1.